The molecule has 4 rings (SSSR count). The third kappa shape index (κ3) is 2.91. The monoisotopic (exact) mass is 344 g/mol. The maximum Gasteiger partial charge on any atom is 0.259 e. The lowest BCUT2D eigenvalue weighted by Crippen LogP contribution is -2.54. The molecule has 134 valence electrons. The number of carbonyl (C=O) groups excluding carboxylic acids is 1. The smallest absolute Gasteiger partial charge is 0.259 e. The zero-order chi connectivity index (χ0) is 17.4. The zero-order valence-electron chi connectivity index (χ0n) is 14.5. The lowest BCUT2D eigenvalue weighted by Gasteiger charge is -2.48. The Bertz CT molecular complexity index is 782. The van der Waals surface area contributed by atoms with Gasteiger partial charge in [0.1, 0.15) is 5.56 Å². The van der Waals surface area contributed by atoms with Crippen LogP contribution in [0.5, 0.6) is 0 Å². The molecule has 2 aromatic rings. The van der Waals surface area contributed by atoms with Crippen molar-refractivity contribution in [3.8, 4) is 0 Å². The first-order chi connectivity index (χ1) is 12.1. The van der Waals surface area contributed by atoms with Crippen molar-refractivity contribution in [2.45, 2.75) is 38.6 Å². The van der Waals surface area contributed by atoms with Gasteiger partial charge in [-0.15, -0.1) is 0 Å². The second kappa shape index (κ2) is 6.38. The summed E-state index contributed by atoms with van der Waals surface area (Å²) in [6.45, 7) is 4.11. The summed E-state index contributed by atoms with van der Waals surface area (Å²) >= 11 is 0. The van der Waals surface area contributed by atoms with E-state index in [2.05, 4.69) is 10.1 Å². The van der Waals surface area contributed by atoms with E-state index in [1.54, 1.807) is 16.9 Å². The number of aliphatic hydroxyl groups excluding tert-OH is 1. The van der Waals surface area contributed by atoms with Crippen molar-refractivity contribution in [2.24, 2.45) is 5.41 Å². The van der Waals surface area contributed by atoms with E-state index in [9.17, 15) is 9.90 Å². The van der Waals surface area contributed by atoms with Gasteiger partial charge in [0.2, 0.25) is 0 Å². The number of piperidine rings is 1. The van der Waals surface area contributed by atoms with Gasteiger partial charge < -0.3 is 14.7 Å². The second-order valence-corrected chi connectivity index (χ2v) is 7.38. The van der Waals surface area contributed by atoms with E-state index in [1.807, 2.05) is 18.0 Å². The van der Waals surface area contributed by atoms with Gasteiger partial charge in [-0.2, -0.15) is 5.10 Å². The minimum absolute atomic E-state index is 0.00985. The average Bonchev–Trinajstić information content (AvgIpc) is 3.04. The summed E-state index contributed by atoms with van der Waals surface area (Å²) in [7, 11) is 0. The summed E-state index contributed by atoms with van der Waals surface area (Å²) in [6.07, 6.45) is 9.00. The number of aryl methyl sites for hydroxylation is 1. The molecule has 0 aromatic carbocycles. The molecular formula is C18H24N4O3. The number of ether oxygens (including phenoxy) is 1. The zero-order valence-corrected chi connectivity index (χ0v) is 14.5. The van der Waals surface area contributed by atoms with Crippen LogP contribution in [-0.2, 0) is 4.74 Å². The topological polar surface area (TPSA) is 80.0 Å². The Morgan fingerprint density at radius 3 is 2.92 bits per heavy atom. The summed E-state index contributed by atoms with van der Waals surface area (Å²) in [5, 5.41) is 14.1. The van der Waals surface area contributed by atoms with Gasteiger partial charge in [0, 0.05) is 32.2 Å². The number of aliphatic hydroxyl groups is 1. The number of carbonyl (C=O) groups is 1. The predicted octanol–water partition coefficient (Wildman–Crippen LogP) is 1.43. The van der Waals surface area contributed by atoms with E-state index in [0.717, 1.165) is 44.5 Å². The first-order valence-electron chi connectivity index (χ1n) is 8.91. The number of aromatic nitrogens is 3. The third-order valence-electron chi connectivity index (χ3n) is 5.70. The Balaban J connectivity index is 1.65. The van der Waals surface area contributed by atoms with Crippen LogP contribution in [0.25, 0.3) is 5.65 Å². The molecule has 2 aromatic heterocycles. The molecule has 25 heavy (non-hydrogen) atoms. The van der Waals surface area contributed by atoms with Crippen molar-refractivity contribution in [1.82, 2.24) is 19.5 Å². The number of hydrogen-bond acceptors (Lipinski definition) is 5. The Kier molecular flexibility index (Phi) is 4.21. The minimum atomic E-state index is -0.138. The van der Waals surface area contributed by atoms with E-state index in [-0.39, 0.29) is 24.0 Å². The van der Waals surface area contributed by atoms with Crippen LogP contribution in [0.2, 0.25) is 0 Å². The van der Waals surface area contributed by atoms with Crippen LogP contribution in [0, 0.1) is 12.3 Å². The number of fused-ring (bicyclic) bond motifs is 1. The SMILES string of the molecule is Cc1cnc2c(C(=O)N3CC4(CCOCC4)CCC3CO)cnn2c1. The van der Waals surface area contributed by atoms with E-state index in [0.29, 0.717) is 17.8 Å². The minimum Gasteiger partial charge on any atom is -0.394 e. The van der Waals surface area contributed by atoms with Crippen molar-refractivity contribution in [1.29, 1.82) is 0 Å². The normalized spacial score (nSPS) is 23.3. The molecule has 2 saturated heterocycles. The lowest BCUT2D eigenvalue weighted by atomic mass is 9.72. The van der Waals surface area contributed by atoms with Crippen molar-refractivity contribution < 1.29 is 14.6 Å². The Morgan fingerprint density at radius 1 is 1.36 bits per heavy atom. The van der Waals surface area contributed by atoms with Crippen LogP contribution < -0.4 is 0 Å². The average molecular weight is 344 g/mol. The standard InChI is InChI=1S/C18H24N4O3/c1-13-8-19-16-15(9-20-22(16)10-13)17(24)21-12-18(3-2-14(21)11-23)4-6-25-7-5-18/h8-10,14,23H,2-7,11-12H2,1H3. The van der Waals surface area contributed by atoms with Gasteiger partial charge in [0.05, 0.1) is 18.8 Å². The highest BCUT2D eigenvalue weighted by Gasteiger charge is 2.42. The van der Waals surface area contributed by atoms with Crippen molar-refractivity contribution in [3.05, 3.63) is 29.7 Å². The first kappa shape index (κ1) is 16.5. The Labute approximate surface area is 146 Å². The molecular weight excluding hydrogens is 320 g/mol. The van der Waals surface area contributed by atoms with E-state index in [4.69, 9.17) is 4.74 Å². The Hall–Kier alpha value is -1.99. The van der Waals surface area contributed by atoms with Gasteiger partial charge >= 0.3 is 0 Å². The molecule has 1 unspecified atom stereocenters. The highest BCUT2D eigenvalue weighted by molar-refractivity contribution is 5.99. The number of nitrogens with zero attached hydrogens (tertiary/aromatic N) is 4. The van der Waals surface area contributed by atoms with Crippen LogP contribution in [-0.4, -0.2) is 62.9 Å². The van der Waals surface area contributed by atoms with Crippen LogP contribution in [0.3, 0.4) is 0 Å². The summed E-state index contributed by atoms with van der Waals surface area (Å²) < 4.78 is 7.15. The Morgan fingerprint density at radius 2 is 2.16 bits per heavy atom. The van der Waals surface area contributed by atoms with E-state index >= 15 is 0 Å². The fourth-order valence-corrected chi connectivity index (χ4v) is 4.11. The molecule has 1 spiro atoms. The number of hydrogen-bond donors (Lipinski definition) is 1. The van der Waals surface area contributed by atoms with Crippen LogP contribution >= 0.6 is 0 Å². The highest BCUT2D eigenvalue weighted by Crippen LogP contribution is 2.41. The molecule has 1 N–H and O–H groups in total. The summed E-state index contributed by atoms with van der Waals surface area (Å²) in [5.74, 6) is -0.0871. The molecule has 1 atom stereocenters. The van der Waals surface area contributed by atoms with Gasteiger partial charge in [-0.05, 0) is 43.6 Å². The second-order valence-electron chi connectivity index (χ2n) is 7.38. The number of rotatable bonds is 2. The fourth-order valence-electron chi connectivity index (χ4n) is 4.11. The largest absolute Gasteiger partial charge is 0.394 e. The molecule has 0 bridgehead atoms. The molecule has 2 fully saturated rings. The molecule has 0 radical (unpaired) electrons. The third-order valence-corrected chi connectivity index (χ3v) is 5.70. The predicted molar refractivity (Wildman–Crippen MR) is 91.4 cm³/mol. The quantitative estimate of drug-likeness (QED) is 0.891. The first-order valence-corrected chi connectivity index (χ1v) is 8.91. The molecule has 2 aliphatic heterocycles. The van der Waals surface area contributed by atoms with Gasteiger partial charge in [-0.3, -0.25) is 4.79 Å². The lowest BCUT2D eigenvalue weighted by molar-refractivity contribution is -0.0435. The fraction of sp³-hybridized carbons (Fsp3) is 0.611. The van der Waals surface area contributed by atoms with Crippen molar-refractivity contribution in [2.75, 3.05) is 26.4 Å². The maximum absolute atomic E-state index is 13.2. The maximum atomic E-state index is 13.2. The van der Waals surface area contributed by atoms with Crippen LogP contribution in [0.4, 0.5) is 0 Å². The van der Waals surface area contributed by atoms with Gasteiger partial charge in [-0.25, -0.2) is 9.50 Å². The molecule has 0 saturated carbocycles. The number of amides is 1. The summed E-state index contributed by atoms with van der Waals surface area (Å²) in [4.78, 5) is 19.5. The molecule has 4 heterocycles. The molecule has 7 heteroatoms. The van der Waals surface area contributed by atoms with Gasteiger partial charge in [0.25, 0.3) is 5.91 Å². The number of likely N-dealkylation sites (tertiary alicyclic amines) is 1. The van der Waals surface area contributed by atoms with E-state index in [1.165, 1.54) is 0 Å². The van der Waals surface area contributed by atoms with Gasteiger partial charge in [0.15, 0.2) is 5.65 Å². The van der Waals surface area contributed by atoms with Gasteiger partial charge in [-0.1, -0.05) is 0 Å². The van der Waals surface area contributed by atoms with Crippen LogP contribution in [0.15, 0.2) is 18.6 Å². The van der Waals surface area contributed by atoms with Crippen molar-refractivity contribution in [3.63, 3.8) is 0 Å². The van der Waals surface area contributed by atoms with Crippen molar-refractivity contribution >= 4 is 11.6 Å². The summed E-state index contributed by atoms with van der Waals surface area (Å²) in [5.41, 5.74) is 2.18. The molecule has 0 aliphatic carbocycles. The molecule has 2 aliphatic rings. The van der Waals surface area contributed by atoms with E-state index < -0.39 is 0 Å². The molecule has 7 nitrogen and oxygen atoms in total. The van der Waals surface area contributed by atoms with Crippen LogP contribution in [0.1, 0.15) is 41.6 Å². The highest BCUT2D eigenvalue weighted by atomic mass is 16.5. The molecule has 1 amide bonds. The summed E-state index contributed by atoms with van der Waals surface area (Å²) in [6, 6.07) is -0.138.